The van der Waals surface area contributed by atoms with E-state index in [2.05, 4.69) is 61.6 Å². The van der Waals surface area contributed by atoms with Gasteiger partial charge in [-0.25, -0.2) is 0 Å². The first-order valence-electron chi connectivity index (χ1n) is 6.92. The number of halogens is 1. The van der Waals surface area contributed by atoms with Crippen LogP contribution in [0.4, 0.5) is 0 Å². The van der Waals surface area contributed by atoms with Crippen molar-refractivity contribution in [2.75, 3.05) is 0 Å². The van der Waals surface area contributed by atoms with Gasteiger partial charge in [0.1, 0.15) is 0 Å². The lowest BCUT2D eigenvalue weighted by molar-refractivity contribution is 0.103. The Morgan fingerprint density at radius 1 is 1.21 bits per heavy atom. The molecule has 0 fully saturated rings. The Kier molecular flexibility index (Phi) is 6.21. The van der Waals surface area contributed by atoms with Crippen molar-refractivity contribution in [1.29, 1.82) is 0 Å². The Morgan fingerprint density at radius 2 is 1.89 bits per heavy atom. The third kappa shape index (κ3) is 7.85. The highest BCUT2D eigenvalue weighted by molar-refractivity contribution is 9.10. The maximum atomic E-state index is 6.15. The average Bonchev–Trinajstić information content (AvgIpc) is 2.26. The number of nitrogens with zero attached hydrogens (tertiary/aromatic N) is 1. The lowest BCUT2D eigenvalue weighted by atomic mass is 10.0. The van der Waals surface area contributed by atoms with E-state index in [0.717, 1.165) is 23.0 Å². The number of aryl methyl sites for hydroxylation is 1. The van der Waals surface area contributed by atoms with Crippen LogP contribution in [0, 0.1) is 5.41 Å². The normalized spacial score (nSPS) is 13.4. The molecule has 0 aromatic carbocycles. The van der Waals surface area contributed by atoms with E-state index in [1.807, 2.05) is 12.3 Å². The van der Waals surface area contributed by atoms with Gasteiger partial charge in [-0.05, 0) is 66.2 Å². The predicted octanol–water partition coefficient (Wildman–Crippen LogP) is 4.12. The van der Waals surface area contributed by atoms with Gasteiger partial charge >= 0.3 is 0 Å². The van der Waals surface area contributed by atoms with Gasteiger partial charge in [-0.1, -0.05) is 20.8 Å². The molecule has 0 amide bonds. The zero-order valence-electron chi connectivity index (χ0n) is 12.8. The maximum Gasteiger partial charge on any atom is 0.162 e. The Morgan fingerprint density at radius 3 is 2.42 bits per heavy atom. The van der Waals surface area contributed by atoms with Crippen molar-refractivity contribution in [2.45, 2.75) is 59.1 Å². The molecule has 0 aliphatic carbocycles. The van der Waals surface area contributed by atoms with Crippen molar-refractivity contribution in [1.82, 2.24) is 4.98 Å². The molecule has 0 N–H and O–H groups in total. The molecule has 1 aromatic heterocycles. The fourth-order valence-corrected chi connectivity index (χ4v) is 3.34. The highest BCUT2D eigenvalue weighted by atomic mass is 79.9. The molecule has 0 aliphatic heterocycles. The van der Waals surface area contributed by atoms with Crippen molar-refractivity contribution in [3.8, 4) is 0 Å². The van der Waals surface area contributed by atoms with Crippen LogP contribution in [-0.4, -0.2) is 20.3 Å². The number of hydrogen-bond donors (Lipinski definition) is 0. The van der Waals surface area contributed by atoms with Crippen molar-refractivity contribution in [2.24, 2.45) is 5.41 Å². The Labute approximate surface area is 128 Å². The molecule has 1 heterocycles. The molecule has 0 unspecified atom stereocenters. The van der Waals surface area contributed by atoms with Gasteiger partial charge in [0.05, 0.1) is 5.60 Å². The van der Waals surface area contributed by atoms with E-state index in [0.29, 0.717) is 5.41 Å². The van der Waals surface area contributed by atoms with Gasteiger partial charge in [0, 0.05) is 16.4 Å². The van der Waals surface area contributed by atoms with E-state index in [1.165, 1.54) is 6.04 Å². The second-order valence-corrected chi connectivity index (χ2v) is 9.00. The third-order valence-corrected chi connectivity index (χ3v) is 6.28. The van der Waals surface area contributed by atoms with Crippen molar-refractivity contribution >= 4 is 25.7 Å². The van der Waals surface area contributed by atoms with E-state index in [-0.39, 0.29) is 5.60 Å². The van der Waals surface area contributed by atoms with Gasteiger partial charge in [-0.3, -0.25) is 4.98 Å². The summed E-state index contributed by atoms with van der Waals surface area (Å²) in [6, 6.07) is 5.35. The van der Waals surface area contributed by atoms with Crippen LogP contribution in [0.3, 0.4) is 0 Å². The van der Waals surface area contributed by atoms with Gasteiger partial charge < -0.3 is 4.43 Å². The molecule has 0 bridgehead atoms. The second-order valence-electron chi connectivity index (χ2n) is 6.89. The lowest BCUT2D eigenvalue weighted by Crippen LogP contribution is -2.28. The van der Waals surface area contributed by atoms with Crippen molar-refractivity contribution in [3.05, 3.63) is 28.5 Å². The van der Waals surface area contributed by atoms with E-state index in [9.17, 15) is 0 Å². The topological polar surface area (TPSA) is 22.1 Å². The fraction of sp³-hybridized carbons (Fsp3) is 0.667. The first kappa shape index (κ1) is 16.9. The minimum absolute atomic E-state index is 0.0216. The van der Waals surface area contributed by atoms with Gasteiger partial charge in [0.25, 0.3) is 0 Å². The van der Waals surface area contributed by atoms with Crippen LogP contribution in [0.1, 0.15) is 46.7 Å². The zero-order chi connectivity index (χ0) is 14.5. The molecule has 108 valence electrons. The van der Waals surface area contributed by atoms with Crippen LogP contribution in [0.2, 0.25) is 6.04 Å². The standard InChI is InChI=1S/C15H26BrNOSi/c1-14(2,3)11-19-18-15(4,5)9-8-13-7-6-12(16)10-17-13/h6-7,10H,8-9,11,19H2,1-5H3. The highest BCUT2D eigenvalue weighted by Gasteiger charge is 2.20. The monoisotopic (exact) mass is 343 g/mol. The summed E-state index contributed by atoms with van der Waals surface area (Å²) in [6.45, 7) is 11.2. The van der Waals surface area contributed by atoms with Crippen LogP contribution in [-0.2, 0) is 10.8 Å². The maximum absolute atomic E-state index is 6.15. The van der Waals surface area contributed by atoms with Crippen LogP contribution in [0.5, 0.6) is 0 Å². The van der Waals surface area contributed by atoms with Crippen molar-refractivity contribution in [3.63, 3.8) is 0 Å². The average molecular weight is 344 g/mol. The van der Waals surface area contributed by atoms with Crippen LogP contribution in [0.15, 0.2) is 22.8 Å². The van der Waals surface area contributed by atoms with E-state index < -0.39 is 9.76 Å². The van der Waals surface area contributed by atoms with Crippen LogP contribution >= 0.6 is 15.9 Å². The third-order valence-electron chi connectivity index (χ3n) is 3.12. The SMILES string of the molecule is CC(C)(C)C[SiH2]OC(C)(C)CCc1ccc(Br)cn1. The van der Waals surface area contributed by atoms with E-state index in [4.69, 9.17) is 4.43 Å². The molecule has 0 aliphatic rings. The van der Waals surface area contributed by atoms with Crippen LogP contribution < -0.4 is 0 Å². The number of aromatic nitrogens is 1. The Hall–Kier alpha value is -0.193. The largest absolute Gasteiger partial charge is 0.419 e. The molecule has 19 heavy (non-hydrogen) atoms. The van der Waals surface area contributed by atoms with Gasteiger partial charge in [-0.15, -0.1) is 0 Å². The van der Waals surface area contributed by atoms with Crippen molar-refractivity contribution < 1.29 is 4.43 Å². The van der Waals surface area contributed by atoms with E-state index >= 15 is 0 Å². The summed E-state index contributed by atoms with van der Waals surface area (Å²) in [4.78, 5) is 4.41. The molecule has 4 heteroatoms. The number of rotatable bonds is 6. The van der Waals surface area contributed by atoms with Crippen LogP contribution in [0.25, 0.3) is 0 Å². The molecule has 0 saturated heterocycles. The summed E-state index contributed by atoms with van der Waals surface area (Å²) < 4.78 is 7.18. The molecule has 0 spiro atoms. The Balaban J connectivity index is 2.35. The second kappa shape index (κ2) is 7.00. The smallest absolute Gasteiger partial charge is 0.162 e. The molecule has 0 atom stereocenters. The number of pyridine rings is 1. The predicted molar refractivity (Wildman–Crippen MR) is 88.2 cm³/mol. The molecular weight excluding hydrogens is 318 g/mol. The summed E-state index contributed by atoms with van der Waals surface area (Å²) in [5, 5.41) is 0. The first-order chi connectivity index (χ1) is 8.68. The summed E-state index contributed by atoms with van der Waals surface area (Å²) in [5.41, 5.74) is 1.51. The summed E-state index contributed by atoms with van der Waals surface area (Å²) in [5.74, 6) is 0. The molecule has 2 nitrogen and oxygen atoms in total. The lowest BCUT2D eigenvalue weighted by Gasteiger charge is -2.28. The quantitative estimate of drug-likeness (QED) is 0.724. The molecule has 1 aromatic rings. The highest BCUT2D eigenvalue weighted by Crippen LogP contribution is 2.22. The zero-order valence-corrected chi connectivity index (χ0v) is 15.8. The Bertz CT molecular complexity index is 384. The summed E-state index contributed by atoms with van der Waals surface area (Å²) in [6.07, 6.45) is 3.86. The van der Waals surface area contributed by atoms with Gasteiger partial charge in [0.15, 0.2) is 9.76 Å². The molecule has 0 radical (unpaired) electrons. The van der Waals surface area contributed by atoms with Gasteiger partial charge in [0.2, 0.25) is 0 Å². The first-order valence-corrected chi connectivity index (χ1v) is 9.29. The van der Waals surface area contributed by atoms with Gasteiger partial charge in [-0.2, -0.15) is 0 Å². The summed E-state index contributed by atoms with van der Waals surface area (Å²) in [7, 11) is -0.432. The minimum Gasteiger partial charge on any atom is -0.419 e. The molecule has 1 rings (SSSR count). The van der Waals surface area contributed by atoms with E-state index in [1.54, 1.807) is 0 Å². The number of hydrogen-bond acceptors (Lipinski definition) is 2. The molecular formula is C15H26BrNOSi. The molecule has 0 saturated carbocycles. The minimum atomic E-state index is -0.432. The summed E-state index contributed by atoms with van der Waals surface area (Å²) >= 11 is 3.41. The fourth-order valence-electron chi connectivity index (χ4n) is 1.69.